The highest BCUT2D eigenvalue weighted by Crippen LogP contribution is 2.66. The molecule has 0 saturated heterocycles. The number of carbonyl (C=O) groups is 1. The van der Waals surface area contributed by atoms with Gasteiger partial charge in [0.15, 0.2) is 5.78 Å². The standard InChI is InChI=1S/C21H30O3/c1-13(22)16-8-11-21(24)18-5-4-14-12-15(23)6-9-19(14,2)17(18)7-10-20(16,21)3/h4,8,15,17-18,23-24H,5-7,9-12H2,1-3H3/t15?,17-,18+,19-,20+,21+/m0/s1. The summed E-state index contributed by atoms with van der Waals surface area (Å²) in [6.45, 7) is 6.09. The van der Waals surface area contributed by atoms with Crippen molar-refractivity contribution in [2.24, 2.45) is 22.7 Å². The van der Waals surface area contributed by atoms with Crippen LogP contribution in [0.15, 0.2) is 23.3 Å². The molecule has 24 heavy (non-hydrogen) atoms. The van der Waals surface area contributed by atoms with Crippen molar-refractivity contribution >= 4 is 5.78 Å². The fraction of sp³-hybridized carbons (Fsp3) is 0.762. The van der Waals surface area contributed by atoms with E-state index in [1.807, 2.05) is 6.08 Å². The monoisotopic (exact) mass is 330 g/mol. The number of rotatable bonds is 1. The van der Waals surface area contributed by atoms with E-state index in [2.05, 4.69) is 19.9 Å². The Balaban J connectivity index is 1.73. The maximum atomic E-state index is 12.1. The predicted octanol–water partition coefficient (Wildman–Crippen LogP) is 3.55. The summed E-state index contributed by atoms with van der Waals surface area (Å²) < 4.78 is 0. The fourth-order valence-corrected chi connectivity index (χ4v) is 6.71. The quantitative estimate of drug-likeness (QED) is 0.723. The van der Waals surface area contributed by atoms with Crippen LogP contribution < -0.4 is 0 Å². The van der Waals surface area contributed by atoms with Gasteiger partial charge in [0, 0.05) is 5.41 Å². The van der Waals surface area contributed by atoms with E-state index in [-0.39, 0.29) is 23.2 Å². The lowest BCUT2D eigenvalue weighted by Gasteiger charge is -2.60. The molecule has 3 heteroatoms. The Hall–Kier alpha value is -0.930. The Labute approximate surface area is 144 Å². The number of hydrogen-bond acceptors (Lipinski definition) is 3. The van der Waals surface area contributed by atoms with Crippen molar-refractivity contribution in [3.05, 3.63) is 23.3 Å². The van der Waals surface area contributed by atoms with Crippen molar-refractivity contribution in [3.8, 4) is 0 Å². The number of aliphatic hydroxyl groups is 2. The van der Waals surface area contributed by atoms with Gasteiger partial charge < -0.3 is 10.2 Å². The molecule has 4 rings (SSSR count). The zero-order chi connectivity index (χ0) is 17.3. The van der Waals surface area contributed by atoms with Crippen LogP contribution in [0.3, 0.4) is 0 Å². The molecule has 132 valence electrons. The van der Waals surface area contributed by atoms with E-state index in [9.17, 15) is 15.0 Å². The van der Waals surface area contributed by atoms with Gasteiger partial charge >= 0.3 is 0 Å². The topological polar surface area (TPSA) is 57.5 Å². The first-order valence-corrected chi connectivity index (χ1v) is 9.54. The average Bonchev–Trinajstić information content (AvgIpc) is 2.80. The summed E-state index contributed by atoms with van der Waals surface area (Å²) in [6, 6.07) is 0. The number of fused-ring (bicyclic) bond motifs is 5. The molecule has 0 heterocycles. The lowest BCUT2D eigenvalue weighted by atomic mass is 9.45. The Bertz CT molecular complexity index is 647. The van der Waals surface area contributed by atoms with Gasteiger partial charge in [0.25, 0.3) is 0 Å². The minimum atomic E-state index is -0.794. The summed E-state index contributed by atoms with van der Waals surface area (Å²) in [5.41, 5.74) is 1.18. The summed E-state index contributed by atoms with van der Waals surface area (Å²) in [5.74, 6) is 0.794. The molecule has 2 saturated carbocycles. The van der Waals surface area contributed by atoms with Crippen LogP contribution in [0.5, 0.6) is 0 Å². The van der Waals surface area contributed by atoms with Gasteiger partial charge in [-0.05, 0) is 74.7 Å². The highest BCUT2D eigenvalue weighted by molar-refractivity contribution is 5.95. The van der Waals surface area contributed by atoms with Gasteiger partial charge in [-0.3, -0.25) is 4.79 Å². The van der Waals surface area contributed by atoms with Gasteiger partial charge in [-0.25, -0.2) is 0 Å². The van der Waals surface area contributed by atoms with Crippen molar-refractivity contribution in [1.29, 1.82) is 0 Å². The van der Waals surface area contributed by atoms with E-state index in [1.165, 1.54) is 5.57 Å². The second-order valence-electron chi connectivity index (χ2n) is 9.17. The van der Waals surface area contributed by atoms with Crippen LogP contribution in [-0.4, -0.2) is 27.7 Å². The van der Waals surface area contributed by atoms with Gasteiger partial charge in [-0.2, -0.15) is 0 Å². The molecule has 0 aliphatic heterocycles. The first-order chi connectivity index (χ1) is 11.2. The minimum Gasteiger partial charge on any atom is -0.393 e. The number of ketones is 1. The molecule has 3 nitrogen and oxygen atoms in total. The van der Waals surface area contributed by atoms with Crippen LogP contribution in [0, 0.1) is 22.7 Å². The van der Waals surface area contributed by atoms with Gasteiger partial charge in [0.1, 0.15) is 0 Å². The van der Waals surface area contributed by atoms with Gasteiger partial charge in [-0.1, -0.05) is 31.6 Å². The first-order valence-electron chi connectivity index (χ1n) is 9.54. The van der Waals surface area contributed by atoms with E-state index < -0.39 is 11.0 Å². The molecular formula is C21H30O3. The molecule has 0 bridgehead atoms. The molecule has 0 radical (unpaired) electrons. The second-order valence-corrected chi connectivity index (χ2v) is 9.17. The molecule has 0 spiro atoms. The van der Waals surface area contributed by atoms with E-state index in [0.29, 0.717) is 12.3 Å². The minimum absolute atomic E-state index is 0.109. The first kappa shape index (κ1) is 16.5. The SMILES string of the molecule is CC(=O)C1=CC[C@@]2(O)[C@@H]3CC=C4CC(O)CC[C@]4(C)[C@H]3CC[C@]12C. The molecule has 1 unspecified atom stereocenters. The molecule has 4 aliphatic rings. The summed E-state index contributed by atoms with van der Waals surface area (Å²) in [4.78, 5) is 12.1. The number of allylic oxidation sites excluding steroid dienone is 1. The summed E-state index contributed by atoms with van der Waals surface area (Å²) in [6.07, 6.45) is 10.2. The molecule has 0 amide bonds. The number of aliphatic hydroxyl groups excluding tert-OH is 1. The van der Waals surface area contributed by atoms with Crippen LogP contribution in [-0.2, 0) is 4.79 Å². The Morgan fingerprint density at radius 3 is 2.62 bits per heavy atom. The second kappa shape index (κ2) is 5.04. The Morgan fingerprint density at radius 2 is 1.92 bits per heavy atom. The molecule has 4 aliphatic carbocycles. The van der Waals surface area contributed by atoms with E-state index in [1.54, 1.807) is 6.92 Å². The van der Waals surface area contributed by atoms with Gasteiger partial charge in [0.2, 0.25) is 0 Å². The van der Waals surface area contributed by atoms with Crippen LogP contribution in [0.25, 0.3) is 0 Å². The third kappa shape index (κ3) is 1.89. The molecule has 2 fully saturated rings. The van der Waals surface area contributed by atoms with E-state index in [0.717, 1.165) is 44.1 Å². The molecule has 6 atom stereocenters. The summed E-state index contributed by atoms with van der Waals surface area (Å²) >= 11 is 0. The van der Waals surface area contributed by atoms with Crippen LogP contribution in [0.4, 0.5) is 0 Å². The van der Waals surface area contributed by atoms with E-state index in [4.69, 9.17) is 0 Å². The van der Waals surface area contributed by atoms with Crippen LogP contribution >= 0.6 is 0 Å². The molecule has 0 aromatic heterocycles. The Morgan fingerprint density at radius 1 is 1.17 bits per heavy atom. The van der Waals surface area contributed by atoms with Crippen LogP contribution in [0.2, 0.25) is 0 Å². The van der Waals surface area contributed by atoms with Crippen molar-refractivity contribution in [1.82, 2.24) is 0 Å². The largest absolute Gasteiger partial charge is 0.393 e. The fourth-order valence-electron chi connectivity index (χ4n) is 6.71. The van der Waals surface area contributed by atoms with Crippen LogP contribution in [0.1, 0.15) is 65.7 Å². The van der Waals surface area contributed by atoms with Crippen molar-refractivity contribution in [2.75, 3.05) is 0 Å². The molecule has 0 aromatic carbocycles. The zero-order valence-corrected chi connectivity index (χ0v) is 15.1. The highest BCUT2D eigenvalue weighted by Gasteiger charge is 2.64. The third-order valence-corrected chi connectivity index (χ3v) is 8.22. The number of carbonyl (C=O) groups excluding carboxylic acids is 1. The lowest BCUT2D eigenvalue weighted by Crippen LogP contribution is -2.60. The molecule has 0 aromatic rings. The molecular weight excluding hydrogens is 300 g/mol. The molecule has 2 N–H and O–H groups in total. The maximum Gasteiger partial charge on any atom is 0.156 e. The average molecular weight is 330 g/mol. The maximum absolute atomic E-state index is 12.1. The zero-order valence-electron chi connectivity index (χ0n) is 15.1. The van der Waals surface area contributed by atoms with Gasteiger partial charge in [-0.15, -0.1) is 0 Å². The van der Waals surface area contributed by atoms with Gasteiger partial charge in [0.05, 0.1) is 11.7 Å². The van der Waals surface area contributed by atoms with Crippen molar-refractivity contribution in [3.63, 3.8) is 0 Å². The number of Topliss-reactive ketones (excluding diaryl/α,β-unsaturated/α-hetero) is 1. The smallest absolute Gasteiger partial charge is 0.156 e. The predicted molar refractivity (Wildman–Crippen MR) is 93.3 cm³/mol. The summed E-state index contributed by atoms with van der Waals surface area (Å²) in [5, 5.41) is 21.8. The van der Waals surface area contributed by atoms with Crippen molar-refractivity contribution in [2.45, 2.75) is 77.4 Å². The number of hydrogen-bond donors (Lipinski definition) is 2. The summed E-state index contributed by atoms with van der Waals surface area (Å²) in [7, 11) is 0. The van der Waals surface area contributed by atoms with Crippen molar-refractivity contribution < 1.29 is 15.0 Å². The van der Waals surface area contributed by atoms with E-state index >= 15 is 0 Å². The lowest BCUT2D eigenvalue weighted by molar-refractivity contribution is -0.164. The Kier molecular flexibility index (Phi) is 3.48. The third-order valence-electron chi connectivity index (χ3n) is 8.22. The highest BCUT2D eigenvalue weighted by atomic mass is 16.3. The normalized spacial score (nSPS) is 50.3.